The van der Waals surface area contributed by atoms with Crippen molar-refractivity contribution in [2.45, 2.75) is 31.3 Å². The van der Waals surface area contributed by atoms with Gasteiger partial charge in [0.15, 0.2) is 0 Å². The van der Waals surface area contributed by atoms with Crippen molar-refractivity contribution in [2.24, 2.45) is 0 Å². The number of hydrogen-bond donors (Lipinski definition) is 2. The van der Waals surface area contributed by atoms with E-state index >= 15 is 0 Å². The van der Waals surface area contributed by atoms with Gasteiger partial charge in [-0.2, -0.15) is 0 Å². The molecule has 1 aromatic rings. The number of ether oxygens (including phenoxy) is 1. The largest absolute Gasteiger partial charge is 0.399 e. The van der Waals surface area contributed by atoms with E-state index in [2.05, 4.69) is 4.72 Å². The molecule has 3 N–H and O–H groups in total. The second-order valence-electron chi connectivity index (χ2n) is 4.71. The smallest absolute Gasteiger partial charge is 0.243 e. The fraction of sp³-hybridized carbons (Fsp3) is 0.500. The fourth-order valence-electron chi connectivity index (χ4n) is 1.52. The Bertz CT molecular complexity index is 544. The van der Waals surface area contributed by atoms with Crippen LogP contribution in [0.2, 0.25) is 0 Å². The normalized spacial score (nSPS) is 12.6. The first-order valence-electron chi connectivity index (χ1n) is 5.86. The van der Waals surface area contributed by atoms with Crippen LogP contribution in [0.15, 0.2) is 23.1 Å². The highest BCUT2D eigenvalue weighted by atomic mass is 32.2. The Morgan fingerprint density at radius 2 is 2.05 bits per heavy atom. The van der Waals surface area contributed by atoms with Gasteiger partial charge >= 0.3 is 0 Å². The van der Waals surface area contributed by atoms with Gasteiger partial charge in [-0.25, -0.2) is 17.5 Å². The van der Waals surface area contributed by atoms with Gasteiger partial charge in [0.05, 0.1) is 5.60 Å². The first-order valence-corrected chi connectivity index (χ1v) is 7.35. The lowest BCUT2D eigenvalue weighted by Gasteiger charge is -2.24. The summed E-state index contributed by atoms with van der Waals surface area (Å²) in [5.74, 6) is -0.873. The summed E-state index contributed by atoms with van der Waals surface area (Å²) in [4.78, 5) is -0.422. The van der Waals surface area contributed by atoms with Crippen molar-refractivity contribution in [3.05, 3.63) is 24.0 Å². The van der Waals surface area contributed by atoms with Gasteiger partial charge in [-0.05, 0) is 39.0 Å². The predicted molar refractivity (Wildman–Crippen MR) is 71.7 cm³/mol. The van der Waals surface area contributed by atoms with E-state index < -0.39 is 26.3 Å². The van der Waals surface area contributed by atoms with Crippen LogP contribution in [0.1, 0.15) is 20.8 Å². The van der Waals surface area contributed by atoms with E-state index in [1.807, 2.05) is 6.92 Å². The van der Waals surface area contributed by atoms with Crippen molar-refractivity contribution in [1.29, 1.82) is 0 Å². The quantitative estimate of drug-likeness (QED) is 0.778. The van der Waals surface area contributed by atoms with Gasteiger partial charge in [0.1, 0.15) is 10.7 Å². The van der Waals surface area contributed by atoms with Crippen LogP contribution >= 0.6 is 0 Å². The maximum absolute atomic E-state index is 13.6. The summed E-state index contributed by atoms with van der Waals surface area (Å²) < 4.78 is 45.2. The summed E-state index contributed by atoms with van der Waals surface area (Å²) in [6, 6.07) is 3.45. The minimum atomic E-state index is -3.92. The van der Waals surface area contributed by atoms with Crippen LogP contribution in [0.4, 0.5) is 10.1 Å². The van der Waals surface area contributed by atoms with E-state index in [0.29, 0.717) is 6.61 Å². The summed E-state index contributed by atoms with van der Waals surface area (Å²) in [5, 5.41) is 0. The number of benzene rings is 1. The SMILES string of the molecule is CCOC(C)(C)CNS(=O)(=O)c1ccc(N)cc1F. The molecule has 1 aromatic carbocycles. The molecule has 19 heavy (non-hydrogen) atoms. The highest BCUT2D eigenvalue weighted by Crippen LogP contribution is 2.17. The third-order valence-corrected chi connectivity index (χ3v) is 3.90. The third-order valence-electron chi connectivity index (χ3n) is 2.47. The van der Waals surface area contributed by atoms with Gasteiger partial charge in [-0.1, -0.05) is 0 Å². The van der Waals surface area contributed by atoms with E-state index in [4.69, 9.17) is 10.5 Å². The highest BCUT2D eigenvalue weighted by Gasteiger charge is 2.24. The molecule has 1 rings (SSSR count). The van der Waals surface area contributed by atoms with Gasteiger partial charge in [0.2, 0.25) is 10.0 Å². The van der Waals surface area contributed by atoms with E-state index in [0.717, 1.165) is 12.1 Å². The molecule has 0 aliphatic carbocycles. The first kappa shape index (κ1) is 15.9. The Morgan fingerprint density at radius 1 is 1.42 bits per heavy atom. The van der Waals surface area contributed by atoms with Gasteiger partial charge in [-0.3, -0.25) is 0 Å². The molecule has 5 nitrogen and oxygen atoms in total. The topological polar surface area (TPSA) is 81.4 Å². The average Bonchev–Trinajstić information content (AvgIpc) is 2.26. The number of nitrogen functional groups attached to an aromatic ring is 1. The van der Waals surface area contributed by atoms with Crippen LogP contribution < -0.4 is 10.5 Å². The number of hydrogen-bond acceptors (Lipinski definition) is 4. The second-order valence-corrected chi connectivity index (χ2v) is 6.44. The summed E-state index contributed by atoms with van der Waals surface area (Å²) in [5.41, 5.74) is 4.89. The summed E-state index contributed by atoms with van der Waals surface area (Å²) in [6.07, 6.45) is 0. The molecule has 0 radical (unpaired) electrons. The molecular weight excluding hydrogens is 271 g/mol. The lowest BCUT2D eigenvalue weighted by Crippen LogP contribution is -2.40. The summed E-state index contributed by atoms with van der Waals surface area (Å²) >= 11 is 0. The van der Waals surface area contributed by atoms with E-state index in [-0.39, 0.29) is 12.2 Å². The summed E-state index contributed by atoms with van der Waals surface area (Å²) in [6.45, 7) is 5.82. The number of sulfonamides is 1. The molecule has 0 saturated heterocycles. The van der Waals surface area contributed by atoms with Crippen LogP contribution in [0, 0.1) is 5.82 Å². The molecule has 0 bridgehead atoms. The third kappa shape index (κ3) is 4.45. The molecule has 0 atom stereocenters. The van der Waals surface area contributed by atoms with Crippen LogP contribution in [-0.4, -0.2) is 27.2 Å². The lowest BCUT2D eigenvalue weighted by molar-refractivity contribution is -0.00516. The molecule has 7 heteroatoms. The number of nitrogens with two attached hydrogens (primary N) is 1. The van der Waals surface area contributed by atoms with Gasteiger partial charge < -0.3 is 10.5 Å². The molecular formula is C12H19FN2O3S. The molecule has 0 aliphatic heterocycles. The molecule has 0 unspecified atom stereocenters. The minimum absolute atomic E-state index is 0.0486. The van der Waals surface area contributed by atoms with Crippen molar-refractivity contribution in [1.82, 2.24) is 4.72 Å². The van der Waals surface area contributed by atoms with Gasteiger partial charge in [0, 0.05) is 18.8 Å². The number of nitrogens with one attached hydrogen (secondary N) is 1. The highest BCUT2D eigenvalue weighted by molar-refractivity contribution is 7.89. The van der Waals surface area contributed by atoms with Crippen molar-refractivity contribution >= 4 is 15.7 Å². The second kappa shape index (κ2) is 5.85. The molecule has 0 saturated carbocycles. The Hall–Kier alpha value is -1.18. The molecule has 0 aromatic heterocycles. The van der Waals surface area contributed by atoms with Crippen LogP contribution in [0.3, 0.4) is 0 Å². The van der Waals surface area contributed by atoms with Crippen molar-refractivity contribution in [2.75, 3.05) is 18.9 Å². The van der Waals surface area contributed by atoms with E-state index in [9.17, 15) is 12.8 Å². The Labute approximate surface area is 113 Å². The molecule has 0 fully saturated rings. The van der Waals surface area contributed by atoms with E-state index in [1.54, 1.807) is 13.8 Å². The lowest BCUT2D eigenvalue weighted by atomic mass is 10.1. The van der Waals surface area contributed by atoms with Gasteiger partial charge in [0.25, 0.3) is 0 Å². The molecule has 0 amide bonds. The van der Waals surface area contributed by atoms with Crippen LogP contribution in [-0.2, 0) is 14.8 Å². The van der Waals surface area contributed by atoms with Crippen molar-refractivity contribution in [3.63, 3.8) is 0 Å². The predicted octanol–water partition coefficient (Wildman–Crippen LogP) is 1.50. The van der Waals surface area contributed by atoms with Crippen molar-refractivity contribution < 1.29 is 17.5 Å². The zero-order valence-corrected chi connectivity index (χ0v) is 12.1. The maximum Gasteiger partial charge on any atom is 0.243 e. The summed E-state index contributed by atoms with van der Waals surface area (Å²) in [7, 11) is -3.92. The standard InChI is InChI=1S/C12H19FN2O3S/c1-4-18-12(2,3)8-15-19(16,17)11-6-5-9(14)7-10(11)13/h5-7,15H,4,8,14H2,1-3H3. The number of rotatable bonds is 6. The number of halogens is 1. The average molecular weight is 290 g/mol. The van der Waals surface area contributed by atoms with Crippen LogP contribution in [0.25, 0.3) is 0 Å². The minimum Gasteiger partial charge on any atom is -0.399 e. The van der Waals surface area contributed by atoms with Crippen LogP contribution in [0.5, 0.6) is 0 Å². The first-order chi connectivity index (χ1) is 8.68. The maximum atomic E-state index is 13.6. The van der Waals surface area contributed by atoms with Crippen molar-refractivity contribution in [3.8, 4) is 0 Å². The van der Waals surface area contributed by atoms with Gasteiger partial charge in [-0.15, -0.1) is 0 Å². The number of anilines is 1. The molecule has 0 aliphatic rings. The fourth-order valence-corrected chi connectivity index (χ4v) is 2.78. The zero-order valence-electron chi connectivity index (χ0n) is 11.2. The molecule has 0 heterocycles. The Kier molecular flexibility index (Phi) is 4.89. The Balaban J connectivity index is 2.87. The monoisotopic (exact) mass is 290 g/mol. The van der Waals surface area contributed by atoms with E-state index in [1.165, 1.54) is 6.07 Å². The Morgan fingerprint density at radius 3 is 2.58 bits per heavy atom. The molecule has 108 valence electrons. The zero-order chi connectivity index (χ0) is 14.7. The molecule has 0 spiro atoms.